The van der Waals surface area contributed by atoms with Crippen LogP contribution in [0, 0.1) is 6.92 Å². The fraction of sp³-hybridized carbons (Fsp3) is 0.400. The lowest BCUT2D eigenvalue weighted by atomic mass is 10.2. The summed E-state index contributed by atoms with van der Waals surface area (Å²) in [5, 5.41) is 15.6. The third-order valence-electron chi connectivity index (χ3n) is 3.40. The highest BCUT2D eigenvalue weighted by atomic mass is 35.5. The van der Waals surface area contributed by atoms with E-state index in [0.29, 0.717) is 16.2 Å². The molecule has 1 saturated carbocycles. The van der Waals surface area contributed by atoms with Crippen molar-refractivity contribution in [3.8, 4) is 0 Å². The minimum Gasteiger partial charge on any atom is -0.352 e. The first-order valence-corrected chi connectivity index (χ1v) is 9.42. The maximum atomic E-state index is 12.0. The molecule has 1 heterocycles. The molecule has 1 atom stereocenters. The van der Waals surface area contributed by atoms with Gasteiger partial charge in [0.15, 0.2) is 4.34 Å². The lowest BCUT2D eigenvalue weighted by molar-refractivity contribution is -0.120. The number of rotatable bonds is 6. The van der Waals surface area contributed by atoms with Gasteiger partial charge >= 0.3 is 0 Å². The molecule has 23 heavy (non-hydrogen) atoms. The third kappa shape index (κ3) is 4.59. The van der Waals surface area contributed by atoms with Crippen molar-refractivity contribution in [1.29, 1.82) is 0 Å². The predicted octanol–water partition coefficient (Wildman–Crippen LogP) is 4.00. The van der Waals surface area contributed by atoms with Crippen LogP contribution in [-0.4, -0.2) is 27.4 Å². The average Bonchev–Trinajstić information content (AvgIpc) is 3.22. The van der Waals surface area contributed by atoms with Crippen molar-refractivity contribution in [3.05, 3.63) is 28.8 Å². The molecule has 1 unspecified atom stereocenters. The Bertz CT molecular complexity index is 717. The molecule has 1 amide bonds. The number of halogens is 1. The predicted molar refractivity (Wildman–Crippen MR) is 95.9 cm³/mol. The molecule has 1 aromatic carbocycles. The Morgan fingerprint density at radius 2 is 2.22 bits per heavy atom. The van der Waals surface area contributed by atoms with Crippen molar-refractivity contribution in [1.82, 2.24) is 15.5 Å². The SMILES string of the molecule is Cc1ccc(Nc2nnc(SC(C)C(=O)NC3CC3)s2)cc1Cl. The smallest absolute Gasteiger partial charge is 0.233 e. The zero-order chi connectivity index (χ0) is 16.4. The lowest BCUT2D eigenvalue weighted by Gasteiger charge is -2.08. The molecule has 0 bridgehead atoms. The first-order chi connectivity index (χ1) is 11.0. The number of hydrogen-bond acceptors (Lipinski definition) is 6. The van der Waals surface area contributed by atoms with Crippen molar-refractivity contribution < 1.29 is 4.79 Å². The van der Waals surface area contributed by atoms with Crippen LogP contribution in [0.3, 0.4) is 0 Å². The Morgan fingerprint density at radius 1 is 1.43 bits per heavy atom. The van der Waals surface area contributed by atoms with Gasteiger partial charge < -0.3 is 10.6 Å². The fourth-order valence-corrected chi connectivity index (χ4v) is 3.96. The van der Waals surface area contributed by atoms with Crippen LogP contribution in [0.5, 0.6) is 0 Å². The number of hydrogen-bond donors (Lipinski definition) is 2. The van der Waals surface area contributed by atoms with E-state index in [-0.39, 0.29) is 11.2 Å². The molecule has 1 aliphatic rings. The Kier molecular flexibility index (Phi) is 5.08. The molecule has 2 N–H and O–H groups in total. The molecule has 0 radical (unpaired) electrons. The van der Waals surface area contributed by atoms with Gasteiger partial charge in [0.05, 0.1) is 5.25 Å². The molecule has 2 aromatic rings. The van der Waals surface area contributed by atoms with E-state index >= 15 is 0 Å². The topological polar surface area (TPSA) is 66.9 Å². The highest BCUT2D eigenvalue weighted by molar-refractivity contribution is 8.02. The number of carbonyl (C=O) groups is 1. The second kappa shape index (κ2) is 7.07. The summed E-state index contributed by atoms with van der Waals surface area (Å²) in [7, 11) is 0. The summed E-state index contributed by atoms with van der Waals surface area (Å²) < 4.78 is 0.768. The number of nitrogens with zero attached hydrogens (tertiary/aromatic N) is 2. The monoisotopic (exact) mass is 368 g/mol. The summed E-state index contributed by atoms with van der Waals surface area (Å²) in [5.41, 5.74) is 1.90. The Hall–Kier alpha value is -1.31. The average molecular weight is 369 g/mol. The van der Waals surface area contributed by atoms with E-state index in [2.05, 4.69) is 20.8 Å². The standard InChI is InChI=1S/C15H17ClN4OS2/c1-8-3-4-11(7-12(8)16)18-14-19-20-15(23-14)22-9(2)13(21)17-10-5-6-10/h3-4,7,9-10H,5-6H2,1-2H3,(H,17,21)(H,18,19). The molecule has 8 heteroatoms. The van der Waals surface area contributed by atoms with E-state index in [9.17, 15) is 4.79 Å². The number of thioether (sulfide) groups is 1. The molecule has 1 aromatic heterocycles. The summed E-state index contributed by atoms with van der Waals surface area (Å²) in [5.74, 6) is 0.0625. The first kappa shape index (κ1) is 16.5. The van der Waals surface area contributed by atoms with E-state index < -0.39 is 0 Å². The molecule has 0 aliphatic heterocycles. The second-order valence-electron chi connectivity index (χ2n) is 5.51. The van der Waals surface area contributed by atoms with Crippen LogP contribution in [0.1, 0.15) is 25.3 Å². The van der Waals surface area contributed by atoms with Gasteiger partial charge in [0, 0.05) is 16.8 Å². The van der Waals surface area contributed by atoms with E-state index in [1.54, 1.807) is 0 Å². The van der Waals surface area contributed by atoms with Gasteiger partial charge in [-0.2, -0.15) is 0 Å². The maximum absolute atomic E-state index is 12.0. The van der Waals surface area contributed by atoms with Crippen LogP contribution >= 0.6 is 34.7 Å². The third-order valence-corrected chi connectivity index (χ3v) is 5.83. The van der Waals surface area contributed by atoms with E-state index in [0.717, 1.165) is 28.4 Å². The minimum atomic E-state index is -0.176. The zero-order valence-corrected chi connectivity index (χ0v) is 15.2. The highest BCUT2D eigenvalue weighted by Crippen LogP contribution is 2.31. The van der Waals surface area contributed by atoms with Crippen LogP contribution in [0.15, 0.2) is 22.5 Å². The van der Waals surface area contributed by atoms with Gasteiger partial charge in [-0.1, -0.05) is 40.8 Å². The number of benzene rings is 1. The Labute approximate surface area is 148 Å². The van der Waals surface area contributed by atoms with Gasteiger partial charge in [-0.3, -0.25) is 4.79 Å². The van der Waals surface area contributed by atoms with Gasteiger partial charge in [0.2, 0.25) is 11.0 Å². The number of amides is 1. The molecule has 0 saturated heterocycles. The zero-order valence-electron chi connectivity index (χ0n) is 12.8. The van der Waals surface area contributed by atoms with E-state index in [4.69, 9.17) is 11.6 Å². The molecular weight excluding hydrogens is 352 g/mol. The van der Waals surface area contributed by atoms with Crippen LogP contribution < -0.4 is 10.6 Å². The molecule has 1 fully saturated rings. The Morgan fingerprint density at radius 3 is 2.91 bits per heavy atom. The van der Waals surface area contributed by atoms with Gasteiger partial charge in [0.1, 0.15) is 0 Å². The lowest BCUT2D eigenvalue weighted by Crippen LogP contribution is -2.32. The number of aryl methyl sites for hydroxylation is 1. The molecule has 0 spiro atoms. The van der Waals surface area contributed by atoms with Crippen molar-refractivity contribution >= 4 is 51.4 Å². The normalized spacial score (nSPS) is 15.3. The Balaban J connectivity index is 1.58. The number of carbonyl (C=O) groups excluding carboxylic acids is 1. The summed E-state index contributed by atoms with van der Waals surface area (Å²) in [6.45, 7) is 3.84. The summed E-state index contributed by atoms with van der Waals surface area (Å²) in [6, 6.07) is 6.13. The molecule has 3 rings (SSSR count). The van der Waals surface area contributed by atoms with Gasteiger partial charge in [-0.05, 0) is 44.4 Å². The fourth-order valence-electron chi connectivity index (χ4n) is 1.85. The summed E-state index contributed by atoms with van der Waals surface area (Å²) in [4.78, 5) is 12.0. The summed E-state index contributed by atoms with van der Waals surface area (Å²) >= 11 is 8.96. The van der Waals surface area contributed by atoms with Crippen molar-refractivity contribution in [2.45, 2.75) is 42.3 Å². The van der Waals surface area contributed by atoms with E-state index in [1.165, 1.54) is 23.1 Å². The number of nitrogens with one attached hydrogen (secondary N) is 2. The van der Waals surface area contributed by atoms with Crippen molar-refractivity contribution in [2.75, 3.05) is 5.32 Å². The van der Waals surface area contributed by atoms with Crippen molar-refractivity contribution in [3.63, 3.8) is 0 Å². The van der Waals surface area contributed by atoms with Gasteiger partial charge in [-0.15, -0.1) is 10.2 Å². The maximum Gasteiger partial charge on any atom is 0.233 e. The number of aromatic nitrogens is 2. The second-order valence-corrected chi connectivity index (χ2v) is 8.48. The number of anilines is 2. The quantitative estimate of drug-likeness (QED) is 0.754. The van der Waals surface area contributed by atoms with Crippen LogP contribution in [0.2, 0.25) is 5.02 Å². The van der Waals surface area contributed by atoms with Crippen LogP contribution in [0.4, 0.5) is 10.8 Å². The minimum absolute atomic E-state index is 0.0625. The molecule has 122 valence electrons. The highest BCUT2D eigenvalue weighted by Gasteiger charge is 2.26. The van der Waals surface area contributed by atoms with Crippen LogP contribution in [0.25, 0.3) is 0 Å². The first-order valence-electron chi connectivity index (χ1n) is 7.35. The van der Waals surface area contributed by atoms with Gasteiger partial charge in [0.25, 0.3) is 0 Å². The largest absolute Gasteiger partial charge is 0.352 e. The van der Waals surface area contributed by atoms with Crippen molar-refractivity contribution in [2.24, 2.45) is 0 Å². The molecular formula is C15H17ClN4OS2. The summed E-state index contributed by atoms with van der Waals surface area (Å²) in [6.07, 6.45) is 2.18. The van der Waals surface area contributed by atoms with Crippen LogP contribution in [-0.2, 0) is 4.79 Å². The van der Waals surface area contributed by atoms with E-state index in [1.807, 2.05) is 32.0 Å². The molecule has 1 aliphatic carbocycles. The molecule has 5 nitrogen and oxygen atoms in total. The van der Waals surface area contributed by atoms with Gasteiger partial charge in [-0.25, -0.2) is 0 Å².